The van der Waals surface area contributed by atoms with Gasteiger partial charge < -0.3 is 33.5 Å². The van der Waals surface area contributed by atoms with Crippen molar-refractivity contribution in [2.24, 2.45) is 0 Å². The van der Waals surface area contributed by atoms with Crippen molar-refractivity contribution >= 4 is 29.8 Å². The molecule has 0 aliphatic carbocycles. The fraction of sp³-hybridized carbons (Fsp3) is 0.928. The van der Waals surface area contributed by atoms with E-state index in [1.165, 1.54) is 0 Å². The van der Waals surface area contributed by atoms with Crippen molar-refractivity contribution in [3.63, 3.8) is 0 Å². The number of hydrogen-bond donors (Lipinski definition) is 1. The van der Waals surface area contributed by atoms with Crippen LogP contribution in [0.4, 0.5) is 0 Å². The van der Waals surface area contributed by atoms with Crippen molar-refractivity contribution in [3.8, 4) is 0 Å². The lowest BCUT2D eigenvalue weighted by molar-refractivity contribution is -0.925. The van der Waals surface area contributed by atoms with Gasteiger partial charge in [0.25, 0.3) is 0 Å². The first-order valence-electron chi connectivity index (χ1n) is 33.5. The number of likely N-dealkylation sites (tertiary alicyclic amines) is 5. The van der Waals surface area contributed by atoms with Crippen LogP contribution in [-0.4, -0.2) is 244 Å². The van der Waals surface area contributed by atoms with Crippen LogP contribution in [0.25, 0.3) is 0 Å². The number of ether oxygens (including phenoxy) is 5. The minimum atomic E-state index is -0.282. The maximum absolute atomic E-state index is 14.4. The molecule has 0 amide bonds. The Bertz CT molecular complexity index is 2140. The van der Waals surface area contributed by atoms with Crippen molar-refractivity contribution in [3.05, 3.63) is 0 Å². The van der Waals surface area contributed by atoms with Crippen molar-refractivity contribution in [1.29, 1.82) is 0 Å². The third-order valence-electron chi connectivity index (χ3n) is 22.8. The Kier molecular flexibility index (Phi) is 24.1. The zero-order valence-corrected chi connectivity index (χ0v) is 60.1. The molecule has 5 heterocycles. The van der Waals surface area contributed by atoms with Crippen molar-refractivity contribution in [1.82, 2.24) is 34.7 Å². The largest absolute Gasteiger partial charge is 0.462 e. The Labute approximate surface area is 529 Å². The molecule has 0 saturated carbocycles. The monoisotopic (exact) mass is 1230 g/mol. The van der Waals surface area contributed by atoms with E-state index in [-0.39, 0.29) is 148 Å². The predicted octanol–water partition coefficient (Wildman–Crippen LogP) is 9.62. The van der Waals surface area contributed by atoms with E-state index in [2.05, 4.69) is 208 Å². The summed E-state index contributed by atoms with van der Waals surface area (Å²) in [5, 5.41) is 3.56. The molecule has 5 rings (SSSR count). The Morgan fingerprint density at radius 3 is 0.782 bits per heavy atom. The molecule has 0 atom stereocenters. The minimum absolute atomic E-state index is 0.111. The highest BCUT2D eigenvalue weighted by Crippen LogP contribution is 2.43. The van der Waals surface area contributed by atoms with Crippen LogP contribution in [0, 0.1) is 0 Å². The van der Waals surface area contributed by atoms with Crippen LogP contribution in [0.1, 0.15) is 235 Å². The van der Waals surface area contributed by atoms with Gasteiger partial charge in [0, 0.05) is 152 Å². The van der Waals surface area contributed by atoms with Crippen LogP contribution in [-0.2, 0) is 47.7 Å². The smallest absolute Gasteiger partial charge is 0.311 e. The van der Waals surface area contributed by atoms with E-state index in [0.717, 1.165) is 12.8 Å². The average molecular weight is 1230 g/mol. The molecule has 0 bridgehead atoms. The normalized spacial score (nSPS) is 25.4. The standard InChI is InChI=1S/C69H129N8O10/c1-60(2)40-50(41-61(3,4)71(60)21)83-55(78)26-31-70-32-38-77(36-29-58(81)86-53-46-66(13,14)74(24)67(15,16)47-53,37-30-59(82)87-54-48-68(17,18)75(25)69(19,20)49-54)39-35-76(33-27-56(79)84-51-42-62(5,6)72(22)63(7,8)43-51)34-28-57(80)85-52-44-64(9,10)73(23)65(11,12)45-52/h50-54,70H,26-49H2,1-25H3/q+1. The molecule has 87 heavy (non-hydrogen) atoms. The lowest BCUT2D eigenvalue weighted by Gasteiger charge is -2.53. The quantitative estimate of drug-likeness (QED) is 0.0377. The molecule has 18 nitrogen and oxygen atoms in total. The third kappa shape index (κ3) is 20.3. The van der Waals surface area contributed by atoms with Crippen LogP contribution in [0.3, 0.4) is 0 Å². The molecular formula is C69H129N8O10+. The molecule has 504 valence electrons. The number of hydrogen-bond acceptors (Lipinski definition) is 17. The summed E-state index contributed by atoms with van der Waals surface area (Å²) in [5.41, 5.74) is -1.69. The maximum atomic E-state index is 14.4. The summed E-state index contributed by atoms with van der Waals surface area (Å²) in [6, 6.07) is 0. The van der Waals surface area contributed by atoms with E-state index in [1.807, 2.05) is 0 Å². The second-order valence-corrected chi connectivity index (χ2v) is 34.1. The number of carbonyl (C=O) groups excluding carboxylic acids is 5. The molecule has 5 aliphatic rings. The Balaban J connectivity index is 1.44. The van der Waals surface area contributed by atoms with Crippen LogP contribution in [0.15, 0.2) is 0 Å². The highest BCUT2D eigenvalue weighted by atomic mass is 16.6. The first-order chi connectivity index (χ1) is 39.5. The fourth-order valence-electron chi connectivity index (χ4n) is 16.2. The van der Waals surface area contributed by atoms with E-state index in [9.17, 15) is 24.0 Å². The summed E-state index contributed by atoms with van der Waals surface area (Å²) in [6.07, 6.45) is 6.64. The van der Waals surface area contributed by atoms with Gasteiger partial charge in [-0.3, -0.25) is 53.4 Å². The molecule has 0 aromatic carbocycles. The molecule has 0 aromatic rings. The molecule has 5 saturated heterocycles. The van der Waals surface area contributed by atoms with Crippen LogP contribution < -0.4 is 5.32 Å². The number of piperidine rings is 5. The first kappa shape index (κ1) is 74.8. The van der Waals surface area contributed by atoms with Gasteiger partial charge in [-0.1, -0.05) is 0 Å². The van der Waals surface area contributed by atoms with Crippen molar-refractivity contribution < 1.29 is 52.1 Å². The number of esters is 5. The van der Waals surface area contributed by atoms with Gasteiger partial charge in [0.1, 0.15) is 30.5 Å². The predicted molar refractivity (Wildman–Crippen MR) is 347 cm³/mol. The Hall–Kier alpha value is -2.97. The lowest BCUT2D eigenvalue weighted by Crippen LogP contribution is -2.60. The second-order valence-electron chi connectivity index (χ2n) is 34.1. The molecule has 0 aromatic heterocycles. The first-order valence-corrected chi connectivity index (χ1v) is 33.5. The van der Waals surface area contributed by atoms with Gasteiger partial charge in [-0.05, 0) is 174 Å². The molecule has 1 N–H and O–H groups in total. The summed E-state index contributed by atoms with van der Waals surface area (Å²) in [4.78, 5) is 84.5. The molecule has 18 heteroatoms. The van der Waals surface area contributed by atoms with Gasteiger partial charge in [-0.2, -0.15) is 0 Å². The molecule has 0 unspecified atom stereocenters. The third-order valence-corrected chi connectivity index (χ3v) is 22.8. The molecule has 5 aliphatic heterocycles. The summed E-state index contributed by atoms with van der Waals surface area (Å²) in [7, 11) is 10.7. The Morgan fingerprint density at radius 1 is 0.322 bits per heavy atom. The lowest BCUT2D eigenvalue weighted by atomic mass is 9.78. The van der Waals surface area contributed by atoms with Gasteiger partial charge in [0.15, 0.2) is 0 Å². The van der Waals surface area contributed by atoms with Gasteiger partial charge in [0.2, 0.25) is 0 Å². The zero-order chi connectivity index (χ0) is 66.0. The highest BCUT2D eigenvalue weighted by Gasteiger charge is 2.49. The van der Waals surface area contributed by atoms with Crippen LogP contribution in [0.2, 0.25) is 0 Å². The number of nitrogens with zero attached hydrogens (tertiary/aromatic N) is 7. The second kappa shape index (κ2) is 28.1. The molecular weight excluding hydrogens is 1100 g/mol. The van der Waals surface area contributed by atoms with E-state index in [0.29, 0.717) is 115 Å². The van der Waals surface area contributed by atoms with Gasteiger partial charge in [0.05, 0.1) is 58.3 Å². The zero-order valence-electron chi connectivity index (χ0n) is 60.1. The summed E-state index contributed by atoms with van der Waals surface area (Å²) < 4.78 is 32.0. The van der Waals surface area contributed by atoms with Gasteiger partial charge in [-0.25, -0.2) is 0 Å². The maximum Gasteiger partial charge on any atom is 0.311 e. The Morgan fingerprint density at radius 2 is 0.540 bits per heavy atom. The summed E-state index contributed by atoms with van der Waals surface area (Å²) >= 11 is 0. The van der Waals surface area contributed by atoms with E-state index in [1.54, 1.807) is 0 Å². The SMILES string of the molecule is CN1C(C)(C)CC(OC(=O)CCNCC[N+](CCC(=O)OC2CC(C)(C)N(C)C(C)(C)C2)(CCC(=O)OC2CC(C)(C)N(C)C(C)(C)C2)CCN(CCC(=O)OC2CC(C)(C)N(C)C(C)(C)C2)CCC(=O)OC2CC(C)(C)N(C)C(C)(C)C2)CC1(C)C. The average Bonchev–Trinajstić information content (AvgIpc) is 2.98. The molecule has 0 radical (unpaired) electrons. The number of nitrogens with one attached hydrogen (secondary N) is 1. The van der Waals surface area contributed by atoms with Crippen molar-refractivity contribution in [2.45, 2.75) is 321 Å². The number of rotatable bonds is 26. The molecule has 0 spiro atoms. The van der Waals surface area contributed by atoms with Crippen LogP contribution >= 0.6 is 0 Å². The fourth-order valence-corrected chi connectivity index (χ4v) is 16.2. The topological polar surface area (TPSA) is 163 Å². The molecule has 5 fully saturated rings. The summed E-state index contributed by atoms with van der Waals surface area (Å²) in [6.45, 7) is 47.6. The number of quaternary nitrogens is 1. The van der Waals surface area contributed by atoms with Crippen LogP contribution in [0.5, 0.6) is 0 Å². The number of carbonyl (C=O) groups is 5. The van der Waals surface area contributed by atoms with E-state index in [4.69, 9.17) is 23.7 Å². The van der Waals surface area contributed by atoms with Gasteiger partial charge >= 0.3 is 29.8 Å². The minimum Gasteiger partial charge on any atom is -0.462 e. The van der Waals surface area contributed by atoms with E-state index < -0.39 is 0 Å². The van der Waals surface area contributed by atoms with E-state index >= 15 is 0 Å². The summed E-state index contributed by atoms with van der Waals surface area (Å²) in [5.74, 6) is -1.36. The van der Waals surface area contributed by atoms with Gasteiger partial charge in [-0.15, -0.1) is 0 Å². The van der Waals surface area contributed by atoms with Crippen molar-refractivity contribution in [2.75, 3.05) is 94.1 Å². The highest BCUT2D eigenvalue weighted by molar-refractivity contribution is 5.71.